The summed E-state index contributed by atoms with van der Waals surface area (Å²) in [5.41, 5.74) is 2.01. The predicted octanol–water partition coefficient (Wildman–Crippen LogP) is 4.33. The van der Waals surface area contributed by atoms with Crippen molar-refractivity contribution in [2.45, 2.75) is 18.7 Å². The van der Waals surface area contributed by atoms with E-state index in [1.54, 1.807) is 12.1 Å². The Kier molecular flexibility index (Phi) is 4.78. The van der Waals surface area contributed by atoms with Crippen LogP contribution in [-0.2, 0) is 9.84 Å². The quantitative estimate of drug-likeness (QED) is 0.760. The first-order chi connectivity index (χ1) is 9.70. The van der Waals surface area contributed by atoms with Gasteiger partial charge in [-0.15, -0.1) is 11.3 Å². The van der Waals surface area contributed by atoms with Crippen LogP contribution in [0.3, 0.4) is 0 Å². The van der Waals surface area contributed by atoms with E-state index in [4.69, 9.17) is 23.2 Å². The molecular formula is C14H12Cl2O3S2. The van der Waals surface area contributed by atoms with E-state index in [-0.39, 0.29) is 14.8 Å². The molecule has 1 aromatic heterocycles. The largest absolute Gasteiger partial charge is 0.293 e. The fraction of sp³-hybridized carbons (Fsp3) is 0.214. The molecule has 0 bridgehead atoms. The summed E-state index contributed by atoms with van der Waals surface area (Å²) in [4.78, 5) is 12.2. The summed E-state index contributed by atoms with van der Waals surface area (Å²) in [6.07, 6.45) is 0. The minimum absolute atomic E-state index is 0.136. The fourth-order valence-electron chi connectivity index (χ4n) is 1.77. The standard InChI is InChI=1S/C14H12Cl2O3S2/c1-8-3-4-10(5-9(8)2)21(18,19)7-12(17)11-6-13(15)20-14(11)16/h3-6H,7H2,1-2H3. The van der Waals surface area contributed by atoms with Crippen LogP contribution in [0.15, 0.2) is 29.2 Å². The van der Waals surface area contributed by atoms with Gasteiger partial charge in [0.15, 0.2) is 15.6 Å². The third kappa shape index (κ3) is 3.66. The molecule has 1 heterocycles. The van der Waals surface area contributed by atoms with Gasteiger partial charge in [0.2, 0.25) is 0 Å². The zero-order valence-electron chi connectivity index (χ0n) is 11.3. The van der Waals surface area contributed by atoms with Crippen molar-refractivity contribution >= 4 is 50.2 Å². The molecule has 1 aromatic carbocycles. The van der Waals surface area contributed by atoms with Gasteiger partial charge in [-0.3, -0.25) is 4.79 Å². The number of halogens is 2. The lowest BCUT2D eigenvalue weighted by Crippen LogP contribution is -2.16. The van der Waals surface area contributed by atoms with Crippen LogP contribution >= 0.6 is 34.5 Å². The number of sulfone groups is 1. The summed E-state index contributed by atoms with van der Waals surface area (Å²) in [5.74, 6) is -1.18. The Morgan fingerprint density at radius 1 is 1.14 bits per heavy atom. The first kappa shape index (κ1) is 16.5. The van der Waals surface area contributed by atoms with E-state index in [0.717, 1.165) is 22.5 Å². The minimum atomic E-state index is -3.70. The Balaban J connectivity index is 2.31. The number of carbonyl (C=O) groups excluding carboxylic acids is 1. The molecule has 0 amide bonds. The molecule has 2 rings (SSSR count). The lowest BCUT2D eigenvalue weighted by molar-refractivity contribution is 0.102. The number of ketones is 1. The highest BCUT2D eigenvalue weighted by Crippen LogP contribution is 2.32. The van der Waals surface area contributed by atoms with Gasteiger partial charge in [0.1, 0.15) is 10.1 Å². The van der Waals surface area contributed by atoms with Gasteiger partial charge in [-0.1, -0.05) is 29.3 Å². The molecule has 0 aliphatic rings. The van der Waals surface area contributed by atoms with Crippen molar-refractivity contribution in [2.75, 3.05) is 5.75 Å². The van der Waals surface area contributed by atoms with E-state index in [0.29, 0.717) is 4.34 Å². The smallest absolute Gasteiger partial charge is 0.185 e. The first-order valence-corrected chi connectivity index (χ1v) is 9.21. The summed E-state index contributed by atoms with van der Waals surface area (Å²) in [5, 5.41) is 0. The first-order valence-electron chi connectivity index (χ1n) is 5.99. The second-order valence-electron chi connectivity index (χ2n) is 4.67. The van der Waals surface area contributed by atoms with Crippen molar-refractivity contribution in [2.24, 2.45) is 0 Å². The fourth-order valence-corrected chi connectivity index (χ4v) is 4.57. The zero-order chi connectivity index (χ0) is 15.8. The number of thiophene rings is 1. The van der Waals surface area contributed by atoms with Crippen molar-refractivity contribution in [3.63, 3.8) is 0 Å². The molecule has 0 radical (unpaired) electrons. The molecule has 0 unspecified atom stereocenters. The Bertz CT molecular complexity index is 808. The maximum absolute atomic E-state index is 12.3. The van der Waals surface area contributed by atoms with Crippen LogP contribution in [0, 0.1) is 13.8 Å². The van der Waals surface area contributed by atoms with E-state index >= 15 is 0 Å². The van der Waals surface area contributed by atoms with Crippen LogP contribution in [0.2, 0.25) is 8.67 Å². The average molecular weight is 363 g/mol. The van der Waals surface area contributed by atoms with Gasteiger partial charge in [0, 0.05) is 5.56 Å². The van der Waals surface area contributed by atoms with E-state index in [2.05, 4.69) is 0 Å². The van der Waals surface area contributed by atoms with Crippen LogP contribution in [0.5, 0.6) is 0 Å². The van der Waals surface area contributed by atoms with Crippen LogP contribution in [-0.4, -0.2) is 20.0 Å². The van der Waals surface area contributed by atoms with Crippen molar-refractivity contribution in [3.8, 4) is 0 Å². The van der Waals surface area contributed by atoms with Gasteiger partial charge in [-0.25, -0.2) is 8.42 Å². The number of benzene rings is 1. The lowest BCUT2D eigenvalue weighted by Gasteiger charge is -2.06. The molecule has 0 spiro atoms. The molecule has 21 heavy (non-hydrogen) atoms. The van der Waals surface area contributed by atoms with E-state index in [1.165, 1.54) is 12.1 Å². The molecule has 0 fully saturated rings. The van der Waals surface area contributed by atoms with E-state index in [9.17, 15) is 13.2 Å². The Morgan fingerprint density at radius 3 is 2.33 bits per heavy atom. The van der Waals surface area contributed by atoms with Crippen LogP contribution in [0.1, 0.15) is 21.5 Å². The van der Waals surface area contributed by atoms with Gasteiger partial charge in [0.05, 0.1) is 9.23 Å². The van der Waals surface area contributed by atoms with Crippen LogP contribution in [0.4, 0.5) is 0 Å². The summed E-state index contributed by atoms with van der Waals surface area (Å²) >= 11 is 12.7. The minimum Gasteiger partial charge on any atom is -0.293 e. The van der Waals surface area contributed by atoms with E-state index < -0.39 is 21.4 Å². The third-order valence-electron chi connectivity index (χ3n) is 3.12. The molecule has 112 valence electrons. The molecule has 0 saturated heterocycles. The zero-order valence-corrected chi connectivity index (χ0v) is 14.5. The second-order valence-corrected chi connectivity index (χ2v) is 8.94. The maximum atomic E-state index is 12.3. The molecule has 7 heteroatoms. The summed E-state index contributed by atoms with van der Waals surface area (Å²) in [6.45, 7) is 3.72. The number of hydrogen-bond donors (Lipinski definition) is 0. The van der Waals surface area contributed by atoms with Crippen molar-refractivity contribution in [1.29, 1.82) is 0 Å². The molecule has 2 aromatic rings. The van der Waals surface area contributed by atoms with Crippen LogP contribution < -0.4 is 0 Å². The average Bonchev–Trinajstić information content (AvgIpc) is 2.71. The van der Waals surface area contributed by atoms with E-state index in [1.807, 2.05) is 13.8 Å². The number of hydrogen-bond acceptors (Lipinski definition) is 4. The number of carbonyl (C=O) groups is 1. The molecule has 0 aliphatic carbocycles. The van der Waals surface area contributed by atoms with Gasteiger partial charge in [0.25, 0.3) is 0 Å². The highest BCUT2D eigenvalue weighted by Gasteiger charge is 2.23. The highest BCUT2D eigenvalue weighted by atomic mass is 35.5. The molecule has 0 aliphatic heterocycles. The third-order valence-corrected chi connectivity index (χ3v) is 6.22. The summed E-state index contributed by atoms with van der Waals surface area (Å²) in [6, 6.07) is 6.20. The topological polar surface area (TPSA) is 51.2 Å². The Labute approximate surface area is 137 Å². The molecule has 0 atom stereocenters. The molecule has 0 N–H and O–H groups in total. The normalized spacial score (nSPS) is 11.6. The summed E-state index contributed by atoms with van der Waals surface area (Å²) < 4.78 is 25.2. The second kappa shape index (κ2) is 6.08. The number of rotatable bonds is 4. The molecule has 0 saturated carbocycles. The Morgan fingerprint density at radius 2 is 1.81 bits per heavy atom. The van der Waals surface area contributed by atoms with Crippen molar-refractivity contribution < 1.29 is 13.2 Å². The molecule has 3 nitrogen and oxygen atoms in total. The lowest BCUT2D eigenvalue weighted by atomic mass is 10.1. The Hall–Kier alpha value is -0.880. The van der Waals surface area contributed by atoms with Gasteiger partial charge in [-0.05, 0) is 43.2 Å². The monoisotopic (exact) mass is 362 g/mol. The highest BCUT2D eigenvalue weighted by molar-refractivity contribution is 7.92. The number of aryl methyl sites for hydroxylation is 2. The van der Waals surface area contributed by atoms with Gasteiger partial charge < -0.3 is 0 Å². The van der Waals surface area contributed by atoms with Crippen molar-refractivity contribution in [1.82, 2.24) is 0 Å². The van der Waals surface area contributed by atoms with Crippen LogP contribution in [0.25, 0.3) is 0 Å². The number of Topliss-reactive ketones (excluding diaryl/α,β-unsaturated/α-hetero) is 1. The van der Waals surface area contributed by atoms with Crippen molar-refractivity contribution in [3.05, 3.63) is 49.6 Å². The predicted molar refractivity (Wildman–Crippen MR) is 86.6 cm³/mol. The maximum Gasteiger partial charge on any atom is 0.185 e. The SMILES string of the molecule is Cc1ccc(S(=O)(=O)CC(=O)c2cc(Cl)sc2Cl)cc1C. The molecular weight excluding hydrogens is 351 g/mol. The van der Waals surface area contributed by atoms with Gasteiger partial charge in [-0.2, -0.15) is 0 Å². The summed E-state index contributed by atoms with van der Waals surface area (Å²) in [7, 11) is -3.70. The van der Waals surface area contributed by atoms with Gasteiger partial charge >= 0.3 is 0 Å².